The van der Waals surface area contributed by atoms with E-state index in [-0.39, 0.29) is 23.3 Å². The number of hydrogen-bond donors (Lipinski definition) is 3. The number of carbonyl (C=O) groups is 2. The molecule has 1 aliphatic heterocycles. The summed E-state index contributed by atoms with van der Waals surface area (Å²) in [6.07, 6.45) is 11.4. The van der Waals surface area contributed by atoms with Crippen LogP contribution < -0.4 is 21.5 Å². The quantitative estimate of drug-likeness (QED) is 0.500. The minimum absolute atomic E-state index is 0.222. The van der Waals surface area contributed by atoms with E-state index in [1.165, 1.54) is 55.9 Å². The van der Waals surface area contributed by atoms with Gasteiger partial charge in [-0.05, 0) is 94.6 Å². The zero-order valence-electron chi connectivity index (χ0n) is 21.6. The van der Waals surface area contributed by atoms with Crippen molar-refractivity contribution in [2.24, 2.45) is 23.2 Å². The van der Waals surface area contributed by atoms with Gasteiger partial charge in [0.25, 0.3) is 5.56 Å². The summed E-state index contributed by atoms with van der Waals surface area (Å²) in [4.78, 5) is 42.6. The molecule has 4 bridgehead atoms. The molecule has 8 heteroatoms. The maximum atomic E-state index is 13.7. The zero-order chi connectivity index (χ0) is 25.4. The number of aryl methyl sites for hydroxylation is 1. The number of fused-ring (bicyclic) bond motifs is 1. The first-order valence-electron chi connectivity index (χ1n) is 14.2. The number of carbonyl (C=O) groups excluding carboxylic acids is 2. The van der Waals surface area contributed by atoms with Gasteiger partial charge in [0.1, 0.15) is 11.9 Å². The van der Waals surface area contributed by atoms with Crippen molar-refractivity contribution in [3.63, 3.8) is 0 Å². The summed E-state index contributed by atoms with van der Waals surface area (Å²) in [7, 11) is 0. The molecule has 5 aliphatic carbocycles. The van der Waals surface area contributed by atoms with E-state index in [1.807, 2.05) is 18.2 Å². The first-order valence-corrected chi connectivity index (χ1v) is 14.2. The number of imide groups is 1. The van der Waals surface area contributed by atoms with Gasteiger partial charge in [-0.2, -0.15) is 0 Å². The maximum absolute atomic E-state index is 13.7. The van der Waals surface area contributed by atoms with Crippen molar-refractivity contribution in [1.29, 1.82) is 0 Å². The van der Waals surface area contributed by atoms with Crippen LogP contribution >= 0.6 is 0 Å². The van der Waals surface area contributed by atoms with Gasteiger partial charge in [0, 0.05) is 36.2 Å². The molecule has 8 rings (SSSR count). The average Bonchev–Trinajstić information content (AvgIpc) is 3.62. The standard InChI is InChI=1S/C29H37N5O3/c1-17-32-22-4-2-3-21(25(22)27(37)34(17)23-5-6-24(35)33-26(23)36)30-15-28(7-8-28)16-31-29-12-18-9-19(13-29)11-20(10-18)14-29/h2-4,18-20,23,30-31H,5-16H2,1H3,(H,33,35,36). The second-order valence-electron chi connectivity index (χ2n) is 12.9. The lowest BCUT2D eigenvalue weighted by Gasteiger charge is -2.57. The number of rotatable bonds is 7. The maximum Gasteiger partial charge on any atom is 0.264 e. The first kappa shape index (κ1) is 23.4. The Balaban J connectivity index is 1.10. The largest absolute Gasteiger partial charge is 0.384 e. The van der Waals surface area contributed by atoms with Crippen LogP contribution in [0.4, 0.5) is 5.69 Å². The predicted molar refractivity (Wildman–Crippen MR) is 141 cm³/mol. The minimum Gasteiger partial charge on any atom is -0.384 e. The summed E-state index contributed by atoms with van der Waals surface area (Å²) in [6, 6.07) is 5.01. The van der Waals surface area contributed by atoms with Crippen LogP contribution in [0, 0.1) is 30.1 Å². The van der Waals surface area contributed by atoms with Crippen LogP contribution in [0.2, 0.25) is 0 Å². The summed E-state index contributed by atoms with van der Waals surface area (Å²) in [6.45, 7) is 3.60. The molecule has 6 fully saturated rings. The third kappa shape index (κ3) is 4.08. The molecule has 1 atom stereocenters. The van der Waals surface area contributed by atoms with Crippen molar-refractivity contribution in [2.75, 3.05) is 18.4 Å². The number of hydrogen-bond acceptors (Lipinski definition) is 6. The van der Waals surface area contributed by atoms with Gasteiger partial charge in [0.2, 0.25) is 11.8 Å². The minimum atomic E-state index is -0.714. The van der Waals surface area contributed by atoms with Gasteiger partial charge in [0.15, 0.2) is 0 Å². The molecular formula is C29H37N5O3. The summed E-state index contributed by atoms with van der Waals surface area (Å²) in [5, 5.41) is 10.6. The Morgan fingerprint density at radius 1 is 1.03 bits per heavy atom. The summed E-state index contributed by atoms with van der Waals surface area (Å²) >= 11 is 0. The van der Waals surface area contributed by atoms with E-state index in [4.69, 9.17) is 0 Å². The molecule has 5 saturated carbocycles. The fourth-order valence-electron chi connectivity index (χ4n) is 8.37. The van der Waals surface area contributed by atoms with Gasteiger partial charge >= 0.3 is 0 Å². The number of amides is 2. The molecule has 0 spiro atoms. The molecule has 2 heterocycles. The molecule has 3 N–H and O–H groups in total. The smallest absolute Gasteiger partial charge is 0.264 e. The molecule has 1 aromatic carbocycles. The van der Waals surface area contributed by atoms with E-state index >= 15 is 0 Å². The van der Waals surface area contributed by atoms with Crippen LogP contribution in [0.3, 0.4) is 0 Å². The highest BCUT2D eigenvalue weighted by molar-refractivity contribution is 5.99. The molecule has 1 unspecified atom stereocenters. The monoisotopic (exact) mass is 503 g/mol. The molecule has 2 aromatic rings. The molecule has 196 valence electrons. The van der Waals surface area contributed by atoms with E-state index in [0.717, 1.165) is 36.5 Å². The predicted octanol–water partition coefficient (Wildman–Crippen LogP) is 3.43. The van der Waals surface area contributed by atoms with Gasteiger partial charge in [-0.25, -0.2) is 4.98 Å². The second-order valence-corrected chi connectivity index (χ2v) is 12.9. The fraction of sp³-hybridized carbons (Fsp3) is 0.655. The van der Waals surface area contributed by atoms with Crippen LogP contribution in [0.25, 0.3) is 10.9 Å². The number of aromatic nitrogens is 2. The highest BCUT2D eigenvalue weighted by Gasteiger charge is 2.52. The van der Waals surface area contributed by atoms with Crippen LogP contribution in [-0.2, 0) is 9.59 Å². The molecule has 1 saturated heterocycles. The van der Waals surface area contributed by atoms with Crippen molar-refractivity contribution in [3.05, 3.63) is 34.4 Å². The van der Waals surface area contributed by atoms with E-state index in [1.54, 1.807) is 6.92 Å². The van der Waals surface area contributed by atoms with E-state index in [2.05, 4.69) is 20.9 Å². The van der Waals surface area contributed by atoms with Gasteiger partial charge in [-0.3, -0.25) is 24.3 Å². The topological polar surface area (TPSA) is 105 Å². The van der Waals surface area contributed by atoms with Gasteiger partial charge < -0.3 is 10.6 Å². The molecule has 2 amide bonds. The number of anilines is 1. The Hall–Kier alpha value is -2.74. The highest BCUT2D eigenvalue weighted by atomic mass is 16.2. The third-order valence-corrected chi connectivity index (χ3v) is 10.1. The molecule has 0 radical (unpaired) electrons. The lowest BCUT2D eigenvalue weighted by atomic mass is 9.53. The van der Waals surface area contributed by atoms with Crippen molar-refractivity contribution in [1.82, 2.24) is 20.2 Å². The number of nitrogens with zero attached hydrogens (tertiary/aromatic N) is 2. The Morgan fingerprint density at radius 2 is 1.73 bits per heavy atom. The van der Waals surface area contributed by atoms with Crippen LogP contribution in [0.15, 0.2) is 23.0 Å². The fourth-order valence-corrected chi connectivity index (χ4v) is 8.37. The number of piperidine rings is 1. The molecule has 37 heavy (non-hydrogen) atoms. The van der Waals surface area contributed by atoms with Crippen molar-refractivity contribution < 1.29 is 9.59 Å². The lowest BCUT2D eigenvalue weighted by Crippen LogP contribution is -2.59. The number of nitrogens with one attached hydrogen (secondary N) is 3. The summed E-state index contributed by atoms with van der Waals surface area (Å²) in [5.41, 5.74) is 1.77. The third-order valence-electron chi connectivity index (χ3n) is 10.1. The molecular weight excluding hydrogens is 466 g/mol. The SMILES string of the molecule is Cc1nc2cccc(NCC3(CNC45CC6CC(CC(C6)C4)C5)CC3)c2c(=O)n1C1CCC(=O)NC1=O. The second kappa shape index (κ2) is 8.38. The van der Waals surface area contributed by atoms with Crippen LogP contribution in [0.1, 0.15) is 76.1 Å². The van der Waals surface area contributed by atoms with E-state index in [9.17, 15) is 14.4 Å². The Bertz CT molecular complexity index is 1310. The normalized spacial score (nSPS) is 33.5. The Labute approximate surface area is 217 Å². The van der Waals surface area contributed by atoms with Gasteiger partial charge in [-0.15, -0.1) is 0 Å². The van der Waals surface area contributed by atoms with Crippen molar-refractivity contribution >= 4 is 28.4 Å². The Morgan fingerprint density at radius 3 is 2.38 bits per heavy atom. The summed E-state index contributed by atoms with van der Waals surface area (Å²) < 4.78 is 1.47. The Kier molecular flexibility index (Phi) is 5.30. The first-order chi connectivity index (χ1) is 17.8. The summed E-state index contributed by atoms with van der Waals surface area (Å²) in [5.74, 6) is 2.57. The number of benzene rings is 1. The van der Waals surface area contributed by atoms with Gasteiger partial charge in [0.05, 0.1) is 10.9 Å². The van der Waals surface area contributed by atoms with Crippen LogP contribution in [0.5, 0.6) is 0 Å². The zero-order valence-corrected chi connectivity index (χ0v) is 21.6. The van der Waals surface area contributed by atoms with Crippen molar-refractivity contribution in [3.8, 4) is 0 Å². The molecule has 1 aromatic heterocycles. The average molecular weight is 504 g/mol. The van der Waals surface area contributed by atoms with Gasteiger partial charge in [-0.1, -0.05) is 6.07 Å². The van der Waals surface area contributed by atoms with Crippen LogP contribution in [-0.4, -0.2) is 40.0 Å². The highest BCUT2D eigenvalue weighted by Crippen LogP contribution is 2.56. The van der Waals surface area contributed by atoms with E-state index < -0.39 is 11.9 Å². The lowest BCUT2D eigenvalue weighted by molar-refractivity contribution is -0.135. The van der Waals surface area contributed by atoms with E-state index in [0.29, 0.717) is 28.7 Å². The molecule has 8 nitrogen and oxygen atoms in total. The van der Waals surface area contributed by atoms with Crippen molar-refractivity contribution in [2.45, 2.75) is 82.7 Å². The molecule has 6 aliphatic rings.